The van der Waals surface area contributed by atoms with Crippen molar-refractivity contribution < 1.29 is 8.42 Å². The van der Waals surface area contributed by atoms with Crippen molar-refractivity contribution in [3.63, 3.8) is 0 Å². The van der Waals surface area contributed by atoms with Crippen LogP contribution in [-0.2, 0) is 10.0 Å². The summed E-state index contributed by atoms with van der Waals surface area (Å²) in [7, 11) is -3.57. The van der Waals surface area contributed by atoms with Gasteiger partial charge in [0.15, 0.2) is 0 Å². The molecule has 21 heavy (non-hydrogen) atoms. The van der Waals surface area contributed by atoms with Gasteiger partial charge in [-0.3, -0.25) is 0 Å². The Morgan fingerprint density at radius 2 is 1.81 bits per heavy atom. The number of sulfonamides is 1. The van der Waals surface area contributed by atoms with E-state index in [9.17, 15) is 8.42 Å². The number of hydrogen-bond acceptors (Lipinski definition) is 2. The van der Waals surface area contributed by atoms with Gasteiger partial charge in [-0.15, -0.1) is 0 Å². The normalized spacial score (nSPS) is 13.1. The molecule has 0 amide bonds. The third kappa shape index (κ3) is 3.84. The van der Waals surface area contributed by atoms with E-state index in [1.54, 1.807) is 38.1 Å². The minimum Gasteiger partial charge on any atom is -0.207 e. The summed E-state index contributed by atoms with van der Waals surface area (Å²) in [5, 5.41) is 0.588. The van der Waals surface area contributed by atoms with Gasteiger partial charge in [0.25, 0.3) is 0 Å². The first-order valence-corrected chi connectivity index (χ1v) is 8.51. The minimum absolute atomic E-state index is 0.316. The molecule has 0 fully saturated rings. The molecular weight excluding hydrogens is 306 g/mol. The molecule has 5 heteroatoms. The highest BCUT2D eigenvalue weighted by Gasteiger charge is 2.20. The van der Waals surface area contributed by atoms with Gasteiger partial charge in [-0.1, -0.05) is 35.9 Å². The Hall–Kier alpha value is -1.36. The monoisotopic (exact) mass is 323 g/mol. The molecule has 0 saturated carbocycles. The zero-order valence-corrected chi connectivity index (χ0v) is 13.8. The van der Waals surface area contributed by atoms with Crippen molar-refractivity contribution >= 4 is 21.6 Å². The summed E-state index contributed by atoms with van der Waals surface area (Å²) in [6, 6.07) is 12.2. The van der Waals surface area contributed by atoms with Gasteiger partial charge in [0, 0.05) is 11.1 Å². The van der Waals surface area contributed by atoms with E-state index in [2.05, 4.69) is 4.72 Å². The third-order valence-electron chi connectivity index (χ3n) is 3.31. The van der Waals surface area contributed by atoms with Crippen LogP contribution in [0.15, 0.2) is 47.4 Å². The van der Waals surface area contributed by atoms with E-state index in [1.807, 2.05) is 25.1 Å². The molecule has 2 rings (SSSR count). The van der Waals surface area contributed by atoms with Gasteiger partial charge >= 0.3 is 0 Å². The standard InChI is InChI=1S/C16H18ClNO2S/c1-11-7-8-12(2)16(9-11)21(19,20)18-13(3)14-5-4-6-15(17)10-14/h4-10,13,18H,1-3H3/t13-/m1/s1. The average molecular weight is 324 g/mol. The van der Waals surface area contributed by atoms with Crippen LogP contribution in [0.3, 0.4) is 0 Å². The molecule has 0 aliphatic heterocycles. The maximum atomic E-state index is 12.5. The zero-order chi connectivity index (χ0) is 15.6. The first kappa shape index (κ1) is 16.0. The van der Waals surface area contributed by atoms with Crippen molar-refractivity contribution in [1.29, 1.82) is 0 Å². The second kappa shape index (κ2) is 6.18. The lowest BCUT2D eigenvalue weighted by molar-refractivity contribution is 0.566. The quantitative estimate of drug-likeness (QED) is 0.924. The molecule has 0 spiro atoms. The predicted molar refractivity (Wildman–Crippen MR) is 86.1 cm³/mol. The summed E-state index contributed by atoms with van der Waals surface area (Å²) in [6.45, 7) is 5.46. The molecule has 112 valence electrons. The molecule has 2 aromatic rings. The summed E-state index contributed by atoms with van der Waals surface area (Å²) < 4.78 is 27.8. The van der Waals surface area contributed by atoms with Crippen molar-refractivity contribution in [3.05, 3.63) is 64.2 Å². The van der Waals surface area contributed by atoms with Gasteiger partial charge in [0.1, 0.15) is 0 Å². The first-order valence-electron chi connectivity index (χ1n) is 6.64. The van der Waals surface area contributed by atoms with Crippen molar-refractivity contribution in [1.82, 2.24) is 4.72 Å². The smallest absolute Gasteiger partial charge is 0.207 e. The molecule has 0 aliphatic carbocycles. The Balaban J connectivity index is 2.31. The van der Waals surface area contributed by atoms with Gasteiger partial charge in [0.2, 0.25) is 10.0 Å². The second-order valence-electron chi connectivity index (χ2n) is 5.17. The first-order chi connectivity index (χ1) is 9.79. The topological polar surface area (TPSA) is 46.2 Å². The second-order valence-corrected chi connectivity index (χ2v) is 7.29. The van der Waals surface area contributed by atoms with Crippen LogP contribution in [0, 0.1) is 13.8 Å². The molecule has 0 radical (unpaired) electrons. The highest BCUT2D eigenvalue weighted by molar-refractivity contribution is 7.89. The molecule has 3 nitrogen and oxygen atoms in total. The van der Waals surface area contributed by atoms with Crippen molar-refractivity contribution in [2.24, 2.45) is 0 Å². The molecule has 2 aromatic carbocycles. The zero-order valence-electron chi connectivity index (χ0n) is 12.2. The lowest BCUT2D eigenvalue weighted by Gasteiger charge is -2.16. The highest BCUT2D eigenvalue weighted by Crippen LogP contribution is 2.22. The van der Waals surface area contributed by atoms with Crippen LogP contribution in [0.2, 0.25) is 5.02 Å². The number of hydrogen-bond donors (Lipinski definition) is 1. The largest absolute Gasteiger partial charge is 0.241 e. The molecule has 1 atom stereocenters. The number of aryl methyl sites for hydroxylation is 2. The van der Waals surface area contributed by atoms with Crippen LogP contribution in [0.5, 0.6) is 0 Å². The fourth-order valence-corrected chi connectivity index (χ4v) is 3.90. The van der Waals surface area contributed by atoms with Crippen LogP contribution < -0.4 is 4.72 Å². The van der Waals surface area contributed by atoms with E-state index in [-0.39, 0.29) is 6.04 Å². The molecule has 0 saturated heterocycles. The Kier molecular flexibility index (Phi) is 4.71. The van der Waals surface area contributed by atoms with Crippen molar-refractivity contribution in [3.8, 4) is 0 Å². The average Bonchev–Trinajstić information content (AvgIpc) is 2.41. The van der Waals surface area contributed by atoms with E-state index in [1.165, 1.54) is 0 Å². The van der Waals surface area contributed by atoms with E-state index >= 15 is 0 Å². The lowest BCUT2D eigenvalue weighted by atomic mass is 10.1. The Labute approximate surface area is 131 Å². The fourth-order valence-electron chi connectivity index (χ4n) is 2.14. The molecule has 0 aromatic heterocycles. The van der Waals surface area contributed by atoms with Gasteiger partial charge in [0.05, 0.1) is 4.90 Å². The summed E-state index contributed by atoms with van der Waals surface area (Å²) in [5.74, 6) is 0. The summed E-state index contributed by atoms with van der Waals surface area (Å²) in [4.78, 5) is 0.316. The van der Waals surface area contributed by atoms with Crippen LogP contribution >= 0.6 is 11.6 Å². The minimum atomic E-state index is -3.57. The fraction of sp³-hybridized carbons (Fsp3) is 0.250. The molecule has 1 N–H and O–H groups in total. The molecule has 0 bridgehead atoms. The van der Waals surface area contributed by atoms with Crippen LogP contribution in [0.1, 0.15) is 29.7 Å². The maximum Gasteiger partial charge on any atom is 0.241 e. The number of benzene rings is 2. The van der Waals surface area contributed by atoms with E-state index in [0.29, 0.717) is 9.92 Å². The molecular formula is C16H18ClNO2S. The summed E-state index contributed by atoms with van der Waals surface area (Å²) in [6.07, 6.45) is 0. The summed E-state index contributed by atoms with van der Waals surface area (Å²) >= 11 is 5.95. The predicted octanol–water partition coefficient (Wildman–Crippen LogP) is 4.00. The Morgan fingerprint density at radius 1 is 1.10 bits per heavy atom. The van der Waals surface area contributed by atoms with Gasteiger partial charge in [-0.05, 0) is 55.7 Å². The van der Waals surface area contributed by atoms with Crippen LogP contribution in [0.4, 0.5) is 0 Å². The maximum absolute atomic E-state index is 12.5. The number of rotatable bonds is 4. The number of halogens is 1. The van der Waals surface area contributed by atoms with E-state index in [0.717, 1.165) is 16.7 Å². The molecule has 0 aliphatic rings. The summed E-state index contributed by atoms with van der Waals surface area (Å²) in [5.41, 5.74) is 2.47. The Morgan fingerprint density at radius 3 is 2.48 bits per heavy atom. The van der Waals surface area contributed by atoms with Crippen LogP contribution in [0.25, 0.3) is 0 Å². The van der Waals surface area contributed by atoms with Gasteiger partial charge in [-0.2, -0.15) is 0 Å². The van der Waals surface area contributed by atoms with Gasteiger partial charge in [-0.25, -0.2) is 13.1 Å². The van der Waals surface area contributed by atoms with E-state index in [4.69, 9.17) is 11.6 Å². The molecule has 0 heterocycles. The number of nitrogens with one attached hydrogen (secondary N) is 1. The van der Waals surface area contributed by atoms with Crippen LogP contribution in [-0.4, -0.2) is 8.42 Å². The van der Waals surface area contributed by atoms with Crippen molar-refractivity contribution in [2.75, 3.05) is 0 Å². The molecule has 0 unspecified atom stereocenters. The Bertz CT molecular complexity index is 757. The lowest BCUT2D eigenvalue weighted by Crippen LogP contribution is -2.27. The SMILES string of the molecule is Cc1ccc(C)c(S(=O)(=O)N[C@H](C)c2cccc(Cl)c2)c1. The van der Waals surface area contributed by atoms with Gasteiger partial charge < -0.3 is 0 Å². The highest BCUT2D eigenvalue weighted by atomic mass is 35.5. The van der Waals surface area contributed by atoms with Crippen molar-refractivity contribution in [2.45, 2.75) is 31.7 Å². The third-order valence-corrected chi connectivity index (χ3v) is 5.23. The van der Waals surface area contributed by atoms with E-state index < -0.39 is 10.0 Å².